The van der Waals surface area contributed by atoms with Crippen molar-refractivity contribution in [2.24, 2.45) is 0 Å². The molecule has 0 radical (unpaired) electrons. The molecule has 6 nitrogen and oxygen atoms in total. The highest BCUT2D eigenvalue weighted by molar-refractivity contribution is 7.93. The Bertz CT molecular complexity index is 662. The molecular weight excluding hydrogens is 264 g/mol. The maximum absolute atomic E-state index is 11.4. The minimum atomic E-state index is -3.85. The van der Waals surface area contributed by atoms with Crippen LogP contribution in [0.1, 0.15) is 0 Å². The highest BCUT2D eigenvalue weighted by atomic mass is 32.2. The first-order valence-corrected chi connectivity index (χ1v) is 7.05. The number of fused-ring (bicyclic) bond motifs is 1. The molecule has 0 aliphatic carbocycles. The fourth-order valence-corrected chi connectivity index (χ4v) is 2.90. The number of nitrogens with one attached hydrogen (secondary N) is 1. The van der Waals surface area contributed by atoms with Crippen molar-refractivity contribution in [2.75, 3.05) is 10.5 Å². The number of sulfonamides is 1. The van der Waals surface area contributed by atoms with Gasteiger partial charge in [0.25, 0.3) is 0 Å². The molecule has 0 aliphatic heterocycles. The van der Waals surface area contributed by atoms with Crippen molar-refractivity contribution in [1.29, 1.82) is 0 Å². The molecule has 0 saturated heterocycles. The first-order valence-electron chi connectivity index (χ1n) is 4.52. The molecule has 17 heavy (non-hydrogen) atoms. The van der Waals surface area contributed by atoms with Gasteiger partial charge in [0.05, 0.1) is 21.4 Å². The van der Waals surface area contributed by atoms with Gasteiger partial charge in [-0.05, 0) is 18.2 Å². The number of anilines is 1. The van der Waals surface area contributed by atoms with Gasteiger partial charge < -0.3 is 5.11 Å². The van der Waals surface area contributed by atoms with Gasteiger partial charge in [-0.3, -0.25) is 9.52 Å². The summed E-state index contributed by atoms with van der Waals surface area (Å²) in [7, 11) is -3.85. The topological polar surface area (TPSA) is 96.4 Å². The highest BCUT2D eigenvalue weighted by Gasteiger charge is 2.15. The van der Waals surface area contributed by atoms with Gasteiger partial charge >= 0.3 is 5.97 Å². The number of nitrogens with zero attached hydrogens (tertiary/aromatic N) is 1. The second-order valence-corrected chi connectivity index (χ2v) is 5.90. The number of thiazole rings is 1. The maximum atomic E-state index is 11.4. The van der Waals surface area contributed by atoms with Crippen LogP contribution in [0.25, 0.3) is 10.2 Å². The summed E-state index contributed by atoms with van der Waals surface area (Å²) in [6, 6.07) is 4.83. The van der Waals surface area contributed by atoms with E-state index in [1.165, 1.54) is 11.3 Å². The van der Waals surface area contributed by atoms with Gasteiger partial charge in [-0.2, -0.15) is 0 Å². The molecule has 0 spiro atoms. The smallest absolute Gasteiger partial charge is 0.320 e. The van der Waals surface area contributed by atoms with Crippen LogP contribution in [-0.2, 0) is 14.8 Å². The van der Waals surface area contributed by atoms with Crippen molar-refractivity contribution in [2.45, 2.75) is 0 Å². The number of benzene rings is 1. The van der Waals surface area contributed by atoms with Crippen LogP contribution in [0.4, 0.5) is 5.69 Å². The lowest BCUT2D eigenvalue weighted by Crippen LogP contribution is -2.22. The average molecular weight is 272 g/mol. The van der Waals surface area contributed by atoms with Gasteiger partial charge in [-0.15, -0.1) is 11.3 Å². The van der Waals surface area contributed by atoms with E-state index in [4.69, 9.17) is 5.11 Å². The number of aromatic nitrogens is 1. The standard InChI is InChI=1S/C9H8N2O4S2/c12-9(13)4-17(14,15)11-6-1-2-7-8(3-6)16-5-10-7/h1-3,5,11H,4H2,(H,12,13). The first kappa shape index (κ1) is 11.8. The summed E-state index contributed by atoms with van der Waals surface area (Å²) in [6.07, 6.45) is 0. The van der Waals surface area contributed by atoms with Crippen LogP contribution >= 0.6 is 11.3 Å². The Morgan fingerprint density at radius 1 is 1.47 bits per heavy atom. The molecule has 90 valence electrons. The molecule has 0 atom stereocenters. The van der Waals surface area contributed by atoms with Crippen LogP contribution in [-0.4, -0.2) is 30.2 Å². The van der Waals surface area contributed by atoms with Crippen LogP contribution in [0.2, 0.25) is 0 Å². The Hall–Kier alpha value is -1.67. The molecule has 2 aromatic rings. The number of carboxylic acid groups (broad SMARTS) is 1. The van der Waals surface area contributed by atoms with Crippen molar-refractivity contribution < 1.29 is 18.3 Å². The Labute approximate surface area is 101 Å². The maximum Gasteiger partial charge on any atom is 0.320 e. The number of carbonyl (C=O) groups is 1. The second-order valence-electron chi connectivity index (χ2n) is 3.29. The van der Waals surface area contributed by atoms with E-state index in [0.717, 1.165) is 10.2 Å². The quantitative estimate of drug-likeness (QED) is 0.869. The summed E-state index contributed by atoms with van der Waals surface area (Å²) < 4.78 is 25.8. The van der Waals surface area contributed by atoms with Gasteiger partial charge in [-0.25, -0.2) is 13.4 Å². The van der Waals surface area contributed by atoms with E-state index < -0.39 is 21.7 Å². The van der Waals surface area contributed by atoms with Crippen molar-refractivity contribution in [3.8, 4) is 0 Å². The third-order valence-electron chi connectivity index (χ3n) is 1.92. The molecule has 1 heterocycles. The third kappa shape index (κ3) is 2.92. The highest BCUT2D eigenvalue weighted by Crippen LogP contribution is 2.22. The molecule has 2 rings (SSSR count). The number of rotatable bonds is 4. The van der Waals surface area contributed by atoms with E-state index in [1.807, 2.05) is 0 Å². The Balaban J connectivity index is 2.26. The van der Waals surface area contributed by atoms with Crippen molar-refractivity contribution in [3.05, 3.63) is 23.7 Å². The monoisotopic (exact) mass is 272 g/mol. The molecule has 2 N–H and O–H groups in total. The summed E-state index contributed by atoms with van der Waals surface area (Å²) >= 11 is 1.38. The normalized spacial score (nSPS) is 11.5. The lowest BCUT2D eigenvalue weighted by Gasteiger charge is -2.05. The largest absolute Gasteiger partial charge is 0.480 e. The predicted molar refractivity (Wildman–Crippen MR) is 64.7 cm³/mol. The number of hydrogen-bond acceptors (Lipinski definition) is 5. The van der Waals surface area contributed by atoms with E-state index in [9.17, 15) is 13.2 Å². The summed E-state index contributed by atoms with van der Waals surface area (Å²) in [4.78, 5) is 14.4. The SMILES string of the molecule is O=C(O)CS(=O)(=O)Nc1ccc2ncsc2c1. The molecule has 8 heteroatoms. The van der Waals surface area contributed by atoms with Gasteiger partial charge in [-0.1, -0.05) is 0 Å². The van der Waals surface area contributed by atoms with Crippen LogP contribution < -0.4 is 4.72 Å². The first-order chi connectivity index (χ1) is 7.96. The number of hydrogen-bond donors (Lipinski definition) is 2. The van der Waals surface area contributed by atoms with Gasteiger partial charge in [0.1, 0.15) is 0 Å². The third-order valence-corrected chi connectivity index (χ3v) is 3.88. The summed E-state index contributed by atoms with van der Waals surface area (Å²) in [5.74, 6) is -2.34. The van der Waals surface area contributed by atoms with Gasteiger partial charge in [0.15, 0.2) is 5.75 Å². The Morgan fingerprint density at radius 2 is 2.24 bits per heavy atom. The molecule has 1 aromatic carbocycles. The van der Waals surface area contributed by atoms with Crippen LogP contribution in [0, 0.1) is 0 Å². The minimum Gasteiger partial charge on any atom is -0.480 e. The van der Waals surface area contributed by atoms with Crippen molar-refractivity contribution >= 4 is 43.2 Å². The summed E-state index contributed by atoms with van der Waals surface area (Å²) in [5, 5.41) is 8.44. The predicted octanol–water partition coefficient (Wildman–Crippen LogP) is 1.12. The molecule has 0 aliphatic rings. The average Bonchev–Trinajstić information content (AvgIpc) is 2.61. The zero-order valence-electron chi connectivity index (χ0n) is 8.45. The molecule has 0 fully saturated rings. The van der Waals surface area contributed by atoms with Crippen LogP contribution in [0.15, 0.2) is 23.7 Å². The van der Waals surface area contributed by atoms with Gasteiger partial charge in [0.2, 0.25) is 10.0 Å². The van der Waals surface area contributed by atoms with E-state index >= 15 is 0 Å². The van der Waals surface area contributed by atoms with E-state index in [1.54, 1.807) is 23.7 Å². The Morgan fingerprint density at radius 3 is 2.94 bits per heavy atom. The zero-order valence-corrected chi connectivity index (χ0v) is 10.1. The minimum absolute atomic E-state index is 0.336. The van der Waals surface area contributed by atoms with Gasteiger partial charge in [0, 0.05) is 0 Å². The Kier molecular flexibility index (Phi) is 2.99. The van der Waals surface area contributed by atoms with Crippen LogP contribution in [0.3, 0.4) is 0 Å². The molecule has 0 amide bonds. The molecule has 1 aromatic heterocycles. The van der Waals surface area contributed by atoms with E-state index in [-0.39, 0.29) is 0 Å². The number of aliphatic carboxylic acids is 1. The molecule has 0 unspecified atom stereocenters. The molecule has 0 bridgehead atoms. The summed E-state index contributed by atoms with van der Waals surface area (Å²) in [6.45, 7) is 0. The lowest BCUT2D eigenvalue weighted by molar-refractivity contribution is -0.134. The fraction of sp³-hybridized carbons (Fsp3) is 0.111. The van der Waals surface area contributed by atoms with Crippen molar-refractivity contribution in [1.82, 2.24) is 4.98 Å². The second kappa shape index (κ2) is 4.30. The lowest BCUT2D eigenvalue weighted by atomic mass is 10.3. The van der Waals surface area contributed by atoms with Crippen molar-refractivity contribution in [3.63, 3.8) is 0 Å². The molecular formula is C9H8N2O4S2. The fourth-order valence-electron chi connectivity index (χ4n) is 1.30. The van der Waals surface area contributed by atoms with Crippen LogP contribution in [0.5, 0.6) is 0 Å². The summed E-state index contributed by atoms with van der Waals surface area (Å²) in [5.41, 5.74) is 2.76. The zero-order chi connectivity index (χ0) is 12.5. The molecule has 0 saturated carbocycles. The number of carboxylic acids is 1. The van der Waals surface area contributed by atoms with E-state index in [2.05, 4.69) is 9.71 Å². The van der Waals surface area contributed by atoms with E-state index in [0.29, 0.717) is 5.69 Å².